The van der Waals surface area contributed by atoms with Crippen LogP contribution in [0.3, 0.4) is 0 Å². The predicted octanol–water partition coefficient (Wildman–Crippen LogP) is 3.55. The van der Waals surface area contributed by atoms with Gasteiger partial charge in [0.1, 0.15) is 5.76 Å². The lowest BCUT2D eigenvalue weighted by atomic mass is 10.1. The maximum absolute atomic E-state index is 13.3. The van der Waals surface area contributed by atoms with Gasteiger partial charge < -0.3 is 9.15 Å². The number of rotatable bonds is 4. The smallest absolute Gasteiger partial charge is 0.200 e. The van der Waals surface area contributed by atoms with E-state index < -0.39 is 11.6 Å². The van der Waals surface area contributed by atoms with Crippen molar-refractivity contribution in [3.05, 3.63) is 53.0 Å². The summed E-state index contributed by atoms with van der Waals surface area (Å²) in [6.07, 6.45) is 3.65. The lowest BCUT2D eigenvalue weighted by Gasteiger charge is -2.03. The monoisotopic (exact) mass is 264 g/mol. The maximum atomic E-state index is 13.3. The summed E-state index contributed by atoms with van der Waals surface area (Å²) in [4.78, 5) is 10.4. The van der Waals surface area contributed by atoms with Crippen LogP contribution in [0.15, 0.2) is 28.7 Å². The fraction of sp³-hybridized carbons (Fsp3) is 0.0714. The summed E-state index contributed by atoms with van der Waals surface area (Å²) in [6, 6.07) is 5.51. The van der Waals surface area contributed by atoms with Crippen LogP contribution in [0.5, 0.6) is 5.75 Å². The SMILES string of the molecule is COc1cc(/C=C/c2ccc(C=O)o2)cc(F)c1F. The van der Waals surface area contributed by atoms with Gasteiger partial charge in [0, 0.05) is 0 Å². The van der Waals surface area contributed by atoms with Crippen LogP contribution < -0.4 is 4.74 Å². The second-order valence-corrected chi connectivity index (χ2v) is 3.71. The number of benzene rings is 1. The number of carbonyl (C=O) groups is 1. The first-order valence-electron chi connectivity index (χ1n) is 5.40. The van der Waals surface area contributed by atoms with E-state index in [-0.39, 0.29) is 11.5 Å². The third-order valence-electron chi connectivity index (χ3n) is 2.44. The molecule has 0 unspecified atom stereocenters. The van der Waals surface area contributed by atoms with Crippen molar-refractivity contribution in [2.75, 3.05) is 7.11 Å². The van der Waals surface area contributed by atoms with E-state index in [1.807, 2.05) is 0 Å². The van der Waals surface area contributed by atoms with Crippen LogP contribution in [0.2, 0.25) is 0 Å². The van der Waals surface area contributed by atoms with Gasteiger partial charge in [0.25, 0.3) is 0 Å². The first-order chi connectivity index (χ1) is 9.13. The van der Waals surface area contributed by atoms with Crippen LogP contribution >= 0.6 is 0 Å². The summed E-state index contributed by atoms with van der Waals surface area (Å²) in [5.41, 5.74) is 0.416. The first kappa shape index (κ1) is 13.0. The lowest BCUT2D eigenvalue weighted by molar-refractivity contribution is 0.110. The second kappa shape index (κ2) is 5.48. The Balaban J connectivity index is 2.27. The van der Waals surface area contributed by atoms with Crippen LogP contribution in [-0.2, 0) is 0 Å². The van der Waals surface area contributed by atoms with E-state index >= 15 is 0 Å². The second-order valence-electron chi connectivity index (χ2n) is 3.71. The van der Waals surface area contributed by atoms with Crippen LogP contribution in [0.1, 0.15) is 21.9 Å². The molecule has 0 atom stereocenters. The Morgan fingerprint density at radius 2 is 1.89 bits per heavy atom. The number of methoxy groups -OCH3 is 1. The van der Waals surface area contributed by atoms with Gasteiger partial charge in [-0.15, -0.1) is 0 Å². The Kier molecular flexibility index (Phi) is 3.75. The number of aldehydes is 1. The van der Waals surface area contributed by atoms with Crippen molar-refractivity contribution in [1.82, 2.24) is 0 Å². The number of hydrogen-bond acceptors (Lipinski definition) is 3. The summed E-state index contributed by atoms with van der Waals surface area (Å²) in [5.74, 6) is -1.56. The minimum Gasteiger partial charge on any atom is -0.494 e. The summed E-state index contributed by atoms with van der Waals surface area (Å²) >= 11 is 0. The average Bonchev–Trinajstić information content (AvgIpc) is 2.88. The van der Waals surface area contributed by atoms with E-state index in [1.165, 1.54) is 25.3 Å². The number of ether oxygens (including phenoxy) is 1. The number of furan rings is 1. The van der Waals surface area contributed by atoms with Gasteiger partial charge in [-0.2, -0.15) is 4.39 Å². The molecule has 19 heavy (non-hydrogen) atoms. The molecule has 0 aliphatic heterocycles. The number of hydrogen-bond donors (Lipinski definition) is 0. The van der Waals surface area contributed by atoms with Crippen LogP contribution in [0.4, 0.5) is 8.78 Å². The molecule has 5 heteroatoms. The van der Waals surface area contributed by atoms with Crippen molar-refractivity contribution in [3.63, 3.8) is 0 Å². The van der Waals surface area contributed by atoms with Crippen molar-refractivity contribution >= 4 is 18.4 Å². The van der Waals surface area contributed by atoms with E-state index in [0.29, 0.717) is 17.6 Å². The molecule has 0 aliphatic rings. The maximum Gasteiger partial charge on any atom is 0.200 e. The molecule has 2 rings (SSSR count). The highest BCUT2D eigenvalue weighted by Crippen LogP contribution is 2.23. The Morgan fingerprint density at radius 1 is 1.16 bits per heavy atom. The molecule has 0 amide bonds. The standard InChI is InChI=1S/C14H10F2O3/c1-18-13-7-9(6-12(15)14(13)16)2-3-10-4-5-11(8-17)19-10/h2-8H,1H3/b3-2+. The summed E-state index contributed by atoms with van der Waals surface area (Å²) in [5, 5.41) is 0. The molecular formula is C14H10F2O3. The van der Waals surface area contributed by atoms with Crippen molar-refractivity contribution in [2.45, 2.75) is 0 Å². The van der Waals surface area contributed by atoms with Gasteiger partial charge in [-0.25, -0.2) is 4.39 Å². The normalized spacial score (nSPS) is 10.9. The van der Waals surface area contributed by atoms with Crippen molar-refractivity contribution in [2.24, 2.45) is 0 Å². The van der Waals surface area contributed by atoms with Crippen LogP contribution in [0, 0.1) is 11.6 Å². The average molecular weight is 264 g/mol. The Hall–Kier alpha value is -2.43. The molecule has 98 valence electrons. The van der Waals surface area contributed by atoms with Gasteiger partial charge in [-0.3, -0.25) is 4.79 Å². The molecule has 0 saturated carbocycles. The molecule has 0 spiro atoms. The van der Waals surface area contributed by atoms with Crippen molar-refractivity contribution in [3.8, 4) is 5.75 Å². The predicted molar refractivity (Wildman–Crippen MR) is 65.9 cm³/mol. The lowest BCUT2D eigenvalue weighted by Crippen LogP contribution is -1.92. The van der Waals surface area contributed by atoms with E-state index in [9.17, 15) is 13.6 Å². The van der Waals surface area contributed by atoms with Crippen LogP contribution in [-0.4, -0.2) is 13.4 Å². The van der Waals surface area contributed by atoms with Gasteiger partial charge in [0.15, 0.2) is 23.6 Å². The zero-order chi connectivity index (χ0) is 13.8. The number of carbonyl (C=O) groups excluding carboxylic acids is 1. The molecule has 0 bridgehead atoms. The fourth-order valence-electron chi connectivity index (χ4n) is 1.53. The summed E-state index contributed by atoms with van der Waals surface area (Å²) in [6.45, 7) is 0. The molecule has 0 N–H and O–H groups in total. The molecule has 0 aliphatic carbocycles. The van der Waals surface area contributed by atoms with Gasteiger partial charge in [0.2, 0.25) is 5.82 Å². The molecule has 2 aromatic rings. The van der Waals surface area contributed by atoms with Gasteiger partial charge in [-0.05, 0) is 35.9 Å². The molecule has 0 saturated heterocycles. The molecule has 1 aromatic heterocycles. The highest BCUT2D eigenvalue weighted by atomic mass is 19.2. The third-order valence-corrected chi connectivity index (χ3v) is 2.44. The highest BCUT2D eigenvalue weighted by molar-refractivity contribution is 5.73. The molecule has 0 radical (unpaired) electrons. The Morgan fingerprint density at radius 3 is 2.53 bits per heavy atom. The topological polar surface area (TPSA) is 39.4 Å². The minimum absolute atomic E-state index is 0.173. The Bertz CT molecular complexity index is 630. The molecule has 1 aromatic carbocycles. The Labute approximate surface area is 108 Å². The third kappa shape index (κ3) is 2.88. The largest absolute Gasteiger partial charge is 0.494 e. The summed E-state index contributed by atoms with van der Waals surface area (Å²) < 4.78 is 36.3. The van der Waals surface area contributed by atoms with Crippen molar-refractivity contribution in [1.29, 1.82) is 0 Å². The zero-order valence-corrected chi connectivity index (χ0v) is 10.0. The highest BCUT2D eigenvalue weighted by Gasteiger charge is 2.09. The molecule has 0 fully saturated rings. The first-order valence-corrected chi connectivity index (χ1v) is 5.40. The van der Waals surface area contributed by atoms with E-state index in [2.05, 4.69) is 0 Å². The quantitative estimate of drug-likeness (QED) is 0.793. The molecule has 1 heterocycles. The van der Waals surface area contributed by atoms with E-state index in [0.717, 1.165) is 6.07 Å². The van der Waals surface area contributed by atoms with E-state index in [1.54, 1.807) is 12.1 Å². The summed E-state index contributed by atoms with van der Waals surface area (Å²) in [7, 11) is 1.26. The van der Waals surface area contributed by atoms with Crippen LogP contribution in [0.25, 0.3) is 12.2 Å². The number of halogens is 2. The van der Waals surface area contributed by atoms with Gasteiger partial charge >= 0.3 is 0 Å². The van der Waals surface area contributed by atoms with Gasteiger partial charge in [0.05, 0.1) is 7.11 Å². The van der Waals surface area contributed by atoms with Crippen molar-refractivity contribution < 1.29 is 22.7 Å². The fourth-order valence-corrected chi connectivity index (χ4v) is 1.53. The zero-order valence-electron chi connectivity index (χ0n) is 10.0. The molecular weight excluding hydrogens is 254 g/mol. The van der Waals surface area contributed by atoms with E-state index in [4.69, 9.17) is 9.15 Å². The van der Waals surface area contributed by atoms with Gasteiger partial charge in [-0.1, -0.05) is 6.08 Å². The minimum atomic E-state index is -1.03. The molecule has 3 nitrogen and oxygen atoms in total.